The van der Waals surface area contributed by atoms with E-state index >= 15 is 0 Å². The van der Waals surface area contributed by atoms with Crippen molar-refractivity contribution < 1.29 is 14.7 Å². The molecule has 0 spiro atoms. The van der Waals surface area contributed by atoms with Gasteiger partial charge in [0.2, 0.25) is 0 Å². The van der Waals surface area contributed by atoms with Gasteiger partial charge in [0.05, 0.1) is 0 Å². The molecule has 3 nitrogen and oxygen atoms in total. The van der Waals surface area contributed by atoms with Crippen molar-refractivity contribution in [2.24, 2.45) is 0 Å². The maximum absolute atomic E-state index is 11.1. The summed E-state index contributed by atoms with van der Waals surface area (Å²) in [6.45, 7) is 6.99. The van der Waals surface area contributed by atoms with Crippen LogP contribution in [0, 0.1) is 0 Å². The zero-order valence-corrected chi connectivity index (χ0v) is 18.3. The van der Waals surface area contributed by atoms with Crippen LogP contribution in [-0.2, 0) is 4.79 Å². The predicted octanol–water partition coefficient (Wildman–Crippen LogP) is 6.23. The second-order valence-electron chi connectivity index (χ2n) is 6.42. The van der Waals surface area contributed by atoms with Crippen LogP contribution in [0.2, 0.25) is 15.8 Å². The molecule has 25 heavy (non-hydrogen) atoms. The summed E-state index contributed by atoms with van der Waals surface area (Å²) in [6, 6.07) is 8.39. The van der Waals surface area contributed by atoms with Gasteiger partial charge in [-0.25, -0.2) is 0 Å². The van der Waals surface area contributed by atoms with Gasteiger partial charge in [-0.1, -0.05) is 30.3 Å². The van der Waals surface area contributed by atoms with Crippen LogP contribution < -0.4 is 0 Å². The van der Waals surface area contributed by atoms with Crippen LogP contribution in [0.4, 0.5) is 0 Å². The van der Waals surface area contributed by atoms with Crippen LogP contribution >= 0.6 is 0 Å². The Labute approximate surface area is 158 Å². The summed E-state index contributed by atoms with van der Waals surface area (Å²) in [5, 5.41) is 13.3. The first kappa shape index (κ1) is 23.9. The zero-order valence-electron chi connectivity index (χ0n) is 16.2. The minimum Gasteiger partial charge on any atom is -0.481 e. The van der Waals surface area contributed by atoms with Crippen LogP contribution in [0.1, 0.15) is 76.1 Å². The number of carboxylic acid groups (broad SMARTS) is 1. The number of unbranched alkanes of at least 4 members (excludes halogenated alkanes) is 3. The standard InChI is InChI=1S/C12H27Ge.C9H8O3/c1-4-7-10-13(11-8-5-2)12-9-6-3;10-8(6-9(11)12)7-4-2-1-3-5-7/h4-12H2,1-3H3;1-5H,6H2,(H,11,12). The Morgan fingerprint density at radius 3 is 1.64 bits per heavy atom. The Morgan fingerprint density at radius 1 is 0.840 bits per heavy atom. The number of aliphatic carboxylic acids is 1. The van der Waals surface area contributed by atoms with Gasteiger partial charge in [-0.3, -0.25) is 9.59 Å². The fourth-order valence-electron chi connectivity index (χ4n) is 2.52. The van der Waals surface area contributed by atoms with Gasteiger partial charge < -0.3 is 5.11 Å². The predicted molar refractivity (Wildman–Crippen MR) is 108 cm³/mol. The summed E-state index contributed by atoms with van der Waals surface area (Å²) in [7, 11) is 0. The number of carbonyl (C=O) groups excluding carboxylic acids is 1. The number of Topliss-reactive ketones (excluding diaryl/α,β-unsaturated/α-hetero) is 1. The quantitative estimate of drug-likeness (QED) is 0.254. The van der Waals surface area contributed by atoms with Crippen molar-refractivity contribution in [3.8, 4) is 0 Å². The number of benzene rings is 1. The maximum atomic E-state index is 11.1. The smallest absolute Gasteiger partial charge is 0.311 e. The van der Waals surface area contributed by atoms with E-state index in [-0.39, 0.29) is 5.78 Å². The first-order valence-electron chi connectivity index (χ1n) is 9.68. The minimum absolute atomic E-state index is 0.358. The van der Waals surface area contributed by atoms with E-state index in [9.17, 15) is 9.59 Å². The van der Waals surface area contributed by atoms with Gasteiger partial charge in [-0.05, 0) is 0 Å². The summed E-state index contributed by atoms with van der Waals surface area (Å²) in [6.07, 6.45) is 8.34. The molecule has 0 heterocycles. The van der Waals surface area contributed by atoms with E-state index < -0.39 is 26.7 Å². The van der Waals surface area contributed by atoms with Crippen molar-refractivity contribution in [1.29, 1.82) is 0 Å². The van der Waals surface area contributed by atoms with E-state index in [0.29, 0.717) is 5.56 Å². The van der Waals surface area contributed by atoms with E-state index in [0.717, 1.165) is 0 Å². The van der Waals surface area contributed by atoms with Crippen molar-refractivity contribution >= 4 is 26.1 Å². The molecule has 1 radical (unpaired) electrons. The van der Waals surface area contributed by atoms with Crippen LogP contribution in [0.5, 0.6) is 0 Å². The first-order chi connectivity index (χ1) is 12.0. The van der Waals surface area contributed by atoms with Gasteiger partial charge in [0.25, 0.3) is 0 Å². The van der Waals surface area contributed by atoms with E-state index in [2.05, 4.69) is 20.8 Å². The fourth-order valence-corrected chi connectivity index (χ4v) is 9.46. The Balaban J connectivity index is 0.000000462. The third-order valence-electron chi connectivity index (χ3n) is 4.06. The summed E-state index contributed by atoms with van der Waals surface area (Å²) in [5.41, 5.74) is 0.444. The number of hydrogen-bond donors (Lipinski definition) is 1. The molecule has 1 aromatic rings. The topological polar surface area (TPSA) is 54.4 Å². The Morgan fingerprint density at radius 2 is 1.28 bits per heavy atom. The van der Waals surface area contributed by atoms with Gasteiger partial charge in [0.1, 0.15) is 6.42 Å². The molecule has 141 valence electrons. The normalized spacial score (nSPS) is 10.2. The average molecular weight is 408 g/mol. The third kappa shape index (κ3) is 13.8. The van der Waals surface area contributed by atoms with Gasteiger partial charge >= 0.3 is 95.4 Å². The largest absolute Gasteiger partial charge is 0.481 e. The van der Waals surface area contributed by atoms with Crippen molar-refractivity contribution in [3.63, 3.8) is 0 Å². The molecule has 0 aromatic heterocycles. The summed E-state index contributed by atoms with van der Waals surface area (Å²) >= 11 is -0.552. The molecule has 0 fully saturated rings. The van der Waals surface area contributed by atoms with Gasteiger partial charge in [-0.15, -0.1) is 0 Å². The first-order valence-corrected chi connectivity index (χ1v) is 14.1. The van der Waals surface area contributed by atoms with Gasteiger partial charge in [0, 0.05) is 5.56 Å². The molecule has 0 amide bonds. The number of rotatable bonds is 12. The van der Waals surface area contributed by atoms with E-state index in [1.165, 1.54) is 38.5 Å². The maximum Gasteiger partial charge on any atom is 0.311 e. The molecule has 1 N–H and O–H groups in total. The van der Waals surface area contributed by atoms with Crippen molar-refractivity contribution in [1.82, 2.24) is 0 Å². The molecule has 1 rings (SSSR count). The molecule has 0 atom stereocenters. The van der Waals surface area contributed by atoms with Gasteiger partial charge in [0.15, 0.2) is 5.78 Å². The zero-order chi connectivity index (χ0) is 18.9. The molecule has 0 saturated carbocycles. The van der Waals surface area contributed by atoms with Crippen LogP contribution in [0.25, 0.3) is 0 Å². The molecular weight excluding hydrogens is 373 g/mol. The summed E-state index contributed by atoms with van der Waals surface area (Å²) < 4.78 is 0. The number of ketones is 1. The summed E-state index contributed by atoms with van der Waals surface area (Å²) in [4.78, 5) is 21.2. The average Bonchev–Trinajstić information content (AvgIpc) is 2.62. The Kier molecular flexibility index (Phi) is 15.7. The van der Waals surface area contributed by atoms with Crippen molar-refractivity contribution in [3.05, 3.63) is 35.9 Å². The molecule has 0 saturated heterocycles. The molecule has 0 aliphatic rings. The second kappa shape index (κ2) is 16.4. The molecule has 0 bridgehead atoms. The van der Waals surface area contributed by atoms with E-state index in [4.69, 9.17) is 5.11 Å². The second-order valence-corrected chi connectivity index (χ2v) is 12.7. The fraction of sp³-hybridized carbons (Fsp3) is 0.619. The SMILES string of the molecule is CCC[CH2][Ge]([CH2]CCC)[CH2]CCC.O=C(O)CC(=O)c1ccccc1. The van der Waals surface area contributed by atoms with Crippen LogP contribution in [0.15, 0.2) is 30.3 Å². The number of hydrogen-bond acceptors (Lipinski definition) is 2. The number of carbonyl (C=O) groups is 2. The molecule has 0 unspecified atom stereocenters. The number of carboxylic acids is 1. The molecular formula is C21H35GeO3. The van der Waals surface area contributed by atoms with E-state index in [1.54, 1.807) is 46.1 Å². The minimum atomic E-state index is -1.09. The summed E-state index contributed by atoms with van der Waals surface area (Å²) in [5.74, 6) is -1.45. The molecule has 1 aromatic carbocycles. The van der Waals surface area contributed by atoms with Crippen molar-refractivity contribution in [2.75, 3.05) is 0 Å². The van der Waals surface area contributed by atoms with E-state index in [1.807, 2.05) is 0 Å². The monoisotopic (exact) mass is 409 g/mol. The van der Waals surface area contributed by atoms with Crippen LogP contribution in [-0.4, -0.2) is 31.2 Å². The molecule has 4 heteroatoms. The molecule has 0 aliphatic heterocycles. The molecule has 0 aliphatic carbocycles. The van der Waals surface area contributed by atoms with Gasteiger partial charge in [-0.2, -0.15) is 0 Å². The Hall–Kier alpha value is -1.10. The third-order valence-corrected chi connectivity index (χ3v) is 10.7. The Bertz CT molecular complexity index is 440. The van der Waals surface area contributed by atoms with Crippen molar-refractivity contribution in [2.45, 2.75) is 81.5 Å². The van der Waals surface area contributed by atoms with Crippen LogP contribution in [0.3, 0.4) is 0 Å².